The zero-order valence-electron chi connectivity index (χ0n) is 16.5. The third-order valence-corrected chi connectivity index (χ3v) is 4.56. The van der Waals surface area contributed by atoms with Gasteiger partial charge in [-0.1, -0.05) is 18.2 Å². The van der Waals surface area contributed by atoms with Crippen molar-refractivity contribution in [1.29, 1.82) is 5.26 Å². The number of hydrogen-bond acceptors (Lipinski definition) is 4. The molecule has 0 aliphatic rings. The van der Waals surface area contributed by atoms with E-state index in [9.17, 15) is 14.4 Å². The van der Waals surface area contributed by atoms with E-state index in [2.05, 4.69) is 27.9 Å². The summed E-state index contributed by atoms with van der Waals surface area (Å²) in [7, 11) is 0. The van der Waals surface area contributed by atoms with Crippen molar-refractivity contribution >= 4 is 34.6 Å². The predicted octanol–water partition coefficient (Wildman–Crippen LogP) is 4.84. The largest absolute Gasteiger partial charge is 0.490 e. The third-order valence-electron chi connectivity index (χ3n) is 3.76. The third kappa shape index (κ3) is 6.46. The second kappa shape index (κ2) is 10.8. The summed E-state index contributed by atoms with van der Waals surface area (Å²) < 4.78 is 26.1. The van der Waals surface area contributed by atoms with E-state index < -0.39 is 5.91 Å². The predicted molar refractivity (Wildman–Crippen MR) is 118 cm³/mol. The number of nitriles is 1. The molecule has 152 valence electrons. The van der Waals surface area contributed by atoms with E-state index in [1.807, 2.05) is 26.8 Å². The molecule has 0 radical (unpaired) electrons. The van der Waals surface area contributed by atoms with Gasteiger partial charge in [-0.25, -0.2) is 4.39 Å². The van der Waals surface area contributed by atoms with Crippen LogP contribution in [0.3, 0.4) is 0 Å². The summed E-state index contributed by atoms with van der Waals surface area (Å²) in [4.78, 5) is 12.1. The van der Waals surface area contributed by atoms with Gasteiger partial charge in [0.05, 0.1) is 10.2 Å². The molecule has 5 nitrogen and oxygen atoms in total. The first-order chi connectivity index (χ1) is 13.8. The Bertz CT molecular complexity index is 952. The van der Waals surface area contributed by atoms with Gasteiger partial charge in [0.1, 0.15) is 24.1 Å². The molecule has 0 saturated heterocycles. The van der Waals surface area contributed by atoms with Crippen molar-refractivity contribution in [2.45, 2.75) is 33.4 Å². The minimum Gasteiger partial charge on any atom is -0.490 e. The van der Waals surface area contributed by atoms with Crippen LogP contribution in [-0.4, -0.2) is 18.6 Å². The van der Waals surface area contributed by atoms with Gasteiger partial charge in [0, 0.05) is 11.6 Å². The van der Waals surface area contributed by atoms with Crippen LogP contribution in [0.25, 0.3) is 6.08 Å². The highest BCUT2D eigenvalue weighted by Gasteiger charge is 2.15. The quantitative estimate of drug-likeness (QED) is 0.315. The molecule has 0 bridgehead atoms. The summed E-state index contributed by atoms with van der Waals surface area (Å²) in [6.07, 6.45) is 1.50. The molecule has 2 aromatic rings. The van der Waals surface area contributed by atoms with Crippen LogP contribution in [0, 0.1) is 20.7 Å². The molecule has 0 fully saturated rings. The Hall–Kier alpha value is -2.60. The number of halogens is 2. The van der Waals surface area contributed by atoms with Crippen molar-refractivity contribution in [1.82, 2.24) is 5.32 Å². The monoisotopic (exact) mass is 508 g/mol. The number of nitrogens with zero attached hydrogens (tertiary/aromatic N) is 1. The Balaban J connectivity index is 2.34. The Morgan fingerprint density at radius 3 is 2.66 bits per heavy atom. The molecule has 2 rings (SSSR count). The van der Waals surface area contributed by atoms with Gasteiger partial charge in [-0.3, -0.25) is 4.79 Å². The minimum atomic E-state index is -0.435. The lowest BCUT2D eigenvalue weighted by Gasteiger charge is -2.15. The Kier molecular flexibility index (Phi) is 8.46. The van der Waals surface area contributed by atoms with E-state index >= 15 is 0 Å². The summed E-state index contributed by atoms with van der Waals surface area (Å²) in [5, 5.41) is 12.0. The average molecular weight is 508 g/mol. The van der Waals surface area contributed by atoms with Crippen LogP contribution < -0.4 is 14.8 Å². The van der Waals surface area contributed by atoms with Gasteiger partial charge in [0.2, 0.25) is 0 Å². The number of amides is 1. The maximum atomic E-state index is 13.9. The van der Waals surface area contributed by atoms with Crippen LogP contribution in [0.4, 0.5) is 4.39 Å². The number of ether oxygens (including phenoxy) is 2. The highest BCUT2D eigenvalue weighted by Crippen LogP contribution is 2.35. The highest BCUT2D eigenvalue weighted by atomic mass is 127. The van der Waals surface area contributed by atoms with Crippen molar-refractivity contribution in [3.8, 4) is 17.6 Å². The molecule has 1 N–H and O–H groups in total. The van der Waals surface area contributed by atoms with Gasteiger partial charge in [-0.2, -0.15) is 5.26 Å². The summed E-state index contributed by atoms with van der Waals surface area (Å²) in [5.41, 5.74) is 1.07. The molecule has 29 heavy (non-hydrogen) atoms. The van der Waals surface area contributed by atoms with Crippen LogP contribution in [0.15, 0.2) is 42.0 Å². The van der Waals surface area contributed by atoms with E-state index in [0.717, 1.165) is 3.57 Å². The van der Waals surface area contributed by atoms with E-state index in [1.165, 1.54) is 12.1 Å². The zero-order chi connectivity index (χ0) is 21.4. The van der Waals surface area contributed by atoms with Gasteiger partial charge in [0.15, 0.2) is 11.5 Å². The average Bonchev–Trinajstić information content (AvgIpc) is 2.66. The molecule has 1 amide bonds. The fourth-order valence-electron chi connectivity index (χ4n) is 2.49. The van der Waals surface area contributed by atoms with E-state index in [-0.39, 0.29) is 24.0 Å². The topological polar surface area (TPSA) is 71.3 Å². The number of nitrogens with one attached hydrogen (secondary N) is 1. The second-order valence-corrected chi connectivity index (χ2v) is 7.60. The summed E-state index contributed by atoms with van der Waals surface area (Å²) >= 11 is 2.09. The first-order valence-corrected chi connectivity index (χ1v) is 10.2. The molecule has 0 saturated carbocycles. The Morgan fingerprint density at radius 1 is 1.31 bits per heavy atom. The Morgan fingerprint density at radius 2 is 2.03 bits per heavy atom. The lowest BCUT2D eigenvalue weighted by molar-refractivity contribution is -0.117. The molecule has 0 atom stereocenters. The SMILES string of the molecule is CCOc1cc(/C=C(/C#N)C(=O)NC(C)C)cc(I)c1OCc1ccccc1F. The van der Waals surface area contributed by atoms with Crippen LogP contribution in [0.5, 0.6) is 11.5 Å². The fraction of sp³-hybridized carbons (Fsp3) is 0.273. The molecular formula is C22H22FIN2O3. The molecule has 2 aromatic carbocycles. The highest BCUT2D eigenvalue weighted by molar-refractivity contribution is 14.1. The van der Waals surface area contributed by atoms with Crippen molar-refractivity contribution in [3.63, 3.8) is 0 Å². The van der Waals surface area contributed by atoms with Crippen LogP contribution in [0.2, 0.25) is 0 Å². The van der Waals surface area contributed by atoms with E-state index in [0.29, 0.717) is 29.2 Å². The van der Waals surface area contributed by atoms with Gasteiger partial charge in [-0.05, 0) is 73.2 Å². The molecule has 0 spiro atoms. The number of rotatable bonds is 8. The summed E-state index contributed by atoms with van der Waals surface area (Å²) in [6, 6.07) is 11.7. The van der Waals surface area contributed by atoms with Crippen molar-refractivity contribution in [2.24, 2.45) is 0 Å². The second-order valence-electron chi connectivity index (χ2n) is 6.44. The molecule has 0 unspecified atom stereocenters. The molecule has 0 aliphatic carbocycles. The maximum Gasteiger partial charge on any atom is 0.262 e. The number of carbonyl (C=O) groups is 1. The van der Waals surface area contributed by atoms with Gasteiger partial charge < -0.3 is 14.8 Å². The smallest absolute Gasteiger partial charge is 0.262 e. The van der Waals surface area contributed by atoms with Gasteiger partial charge >= 0.3 is 0 Å². The lowest BCUT2D eigenvalue weighted by Crippen LogP contribution is -2.30. The molecule has 0 aliphatic heterocycles. The number of carbonyl (C=O) groups excluding carboxylic acids is 1. The van der Waals surface area contributed by atoms with Crippen molar-refractivity contribution in [3.05, 3.63) is 62.5 Å². The first kappa shape index (κ1) is 22.7. The Labute approximate surface area is 183 Å². The molecule has 7 heteroatoms. The first-order valence-electron chi connectivity index (χ1n) is 9.10. The molecule has 0 aromatic heterocycles. The summed E-state index contributed by atoms with van der Waals surface area (Å²) in [6.45, 7) is 5.94. The zero-order valence-corrected chi connectivity index (χ0v) is 18.6. The van der Waals surface area contributed by atoms with E-state index in [1.54, 1.807) is 30.3 Å². The van der Waals surface area contributed by atoms with Crippen LogP contribution in [-0.2, 0) is 11.4 Å². The minimum absolute atomic E-state index is 0.00280. The van der Waals surface area contributed by atoms with E-state index in [4.69, 9.17) is 9.47 Å². The normalized spacial score (nSPS) is 11.1. The maximum absolute atomic E-state index is 13.9. The molecular weight excluding hydrogens is 486 g/mol. The number of benzene rings is 2. The van der Waals surface area contributed by atoms with Crippen LogP contribution >= 0.6 is 22.6 Å². The van der Waals surface area contributed by atoms with Gasteiger partial charge in [-0.15, -0.1) is 0 Å². The van der Waals surface area contributed by atoms with Crippen molar-refractivity contribution < 1.29 is 18.7 Å². The number of hydrogen-bond donors (Lipinski definition) is 1. The van der Waals surface area contributed by atoms with Gasteiger partial charge in [0.25, 0.3) is 5.91 Å². The standard InChI is InChI=1S/C22H22FIN2O3/c1-4-28-20-11-15(9-17(12-25)22(27)26-14(2)3)10-19(24)21(20)29-13-16-7-5-6-8-18(16)23/h5-11,14H,4,13H2,1-3H3,(H,26,27)/b17-9-. The van der Waals surface area contributed by atoms with Crippen LogP contribution in [0.1, 0.15) is 31.9 Å². The summed E-state index contributed by atoms with van der Waals surface area (Å²) in [5.74, 6) is 0.173. The van der Waals surface area contributed by atoms with Crippen molar-refractivity contribution in [2.75, 3.05) is 6.61 Å². The fourth-order valence-corrected chi connectivity index (χ4v) is 3.28. The lowest BCUT2D eigenvalue weighted by atomic mass is 10.1. The molecule has 0 heterocycles.